The Balaban J connectivity index is 1.47. The van der Waals surface area contributed by atoms with E-state index < -0.39 is 0 Å². The summed E-state index contributed by atoms with van der Waals surface area (Å²) >= 11 is 0. The van der Waals surface area contributed by atoms with Gasteiger partial charge in [0.2, 0.25) is 5.91 Å². The number of carbonyl (C=O) groups is 1. The standard InChI is InChI=1S/C26H35FN4O/c1-28-14-15-29-24(19-20-7-9-22(27)10-8-20)25(32)31-17-12-26(13-18-31)23-6-4-3-5-21(23)11-16-30(26)2/h3-10,24,28-29H,11-19H2,1-2H3/t24-/m1/s1. The molecule has 172 valence electrons. The number of amides is 1. The number of halogens is 1. The van der Waals surface area contributed by atoms with Crippen molar-refractivity contribution in [3.8, 4) is 0 Å². The predicted molar refractivity (Wildman–Crippen MR) is 126 cm³/mol. The molecule has 5 nitrogen and oxygen atoms in total. The molecule has 2 heterocycles. The predicted octanol–water partition coefficient (Wildman–Crippen LogP) is 2.55. The van der Waals surface area contributed by atoms with Crippen molar-refractivity contribution >= 4 is 5.91 Å². The summed E-state index contributed by atoms with van der Waals surface area (Å²) in [5, 5.41) is 6.54. The van der Waals surface area contributed by atoms with Crippen LogP contribution in [0.1, 0.15) is 29.5 Å². The summed E-state index contributed by atoms with van der Waals surface area (Å²) in [6.07, 6.45) is 3.55. The van der Waals surface area contributed by atoms with Gasteiger partial charge in [-0.15, -0.1) is 0 Å². The van der Waals surface area contributed by atoms with Gasteiger partial charge in [0, 0.05) is 38.3 Å². The fourth-order valence-corrected chi connectivity index (χ4v) is 5.34. The van der Waals surface area contributed by atoms with Crippen LogP contribution >= 0.6 is 0 Å². The second kappa shape index (κ2) is 10.1. The number of carbonyl (C=O) groups excluding carboxylic acids is 1. The van der Waals surface area contributed by atoms with Gasteiger partial charge in [0.1, 0.15) is 5.82 Å². The molecule has 6 heteroatoms. The van der Waals surface area contributed by atoms with E-state index in [0.717, 1.165) is 51.0 Å². The molecule has 2 aliphatic rings. The molecule has 2 aliphatic heterocycles. The normalized spacial score (nSPS) is 19.0. The van der Waals surface area contributed by atoms with Gasteiger partial charge in [-0.25, -0.2) is 4.39 Å². The van der Waals surface area contributed by atoms with Crippen molar-refractivity contribution in [3.63, 3.8) is 0 Å². The molecular formula is C26H35FN4O. The Morgan fingerprint density at radius 2 is 1.78 bits per heavy atom. The molecule has 1 amide bonds. The van der Waals surface area contributed by atoms with Crippen molar-refractivity contribution in [2.45, 2.75) is 37.3 Å². The summed E-state index contributed by atoms with van der Waals surface area (Å²) in [5.41, 5.74) is 3.89. The number of nitrogens with zero attached hydrogens (tertiary/aromatic N) is 2. The van der Waals surface area contributed by atoms with Gasteiger partial charge in [-0.3, -0.25) is 9.69 Å². The first-order valence-electron chi connectivity index (χ1n) is 11.7. The molecule has 32 heavy (non-hydrogen) atoms. The smallest absolute Gasteiger partial charge is 0.240 e. The van der Waals surface area contributed by atoms with Crippen LogP contribution in [0.5, 0.6) is 0 Å². The maximum Gasteiger partial charge on any atom is 0.240 e. The number of hydrogen-bond donors (Lipinski definition) is 2. The number of benzene rings is 2. The second-order valence-electron chi connectivity index (χ2n) is 9.13. The minimum atomic E-state index is -0.306. The van der Waals surface area contributed by atoms with Crippen molar-refractivity contribution in [1.82, 2.24) is 20.4 Å². The van der Waals surface area contributed by atoms with Crippen LogP contribution in [0.25, 0.3) is 0 Å². The Labute approximate surface area is 191 Å². The van der Waals surface area contributed by atoms with Crippen LogP contribution in [0.2, 0.25) is 0 Å². The summed E-state index contributed by atoms with van der Waals surface area (Å²) < 4.78 is 13.3. The van der Waals surface area contributed by atoms with Gasteiger partial charge >= 0.3 is 0 Å². The van der Waals surface area contributed by atoms with Gasteiger partial charge in [0.05, 0.1) is 6.04 Å². The number of piperidine rings is 1. The fourth-order valence-electron chi connectivity index (χ4n) is 5.34. The van der Waals surface area contributed by atoms with E-state index >= 15 is 0 Å². The van der Waals surface area contributed by atoms with E-state index in [4.69, 9.17) is 0 Å². The molecule has 1 atom stereocenters. The Morgan fingerprint density at radius 3 is 2.50 bits per heavy atom. The molecule has 0 aromatic heterocycles. The Kier molecular flexibility index (Phi) is 7.23. The van der Waals surface area contributed by atoms with E-state index in [-0.39, 0.29) is 23.3 Å². The highest BCUT2D eigenvalue weighted by Gasteiger charge is 2.44. The number of fused-ring (bicyclic) bond motifs is 2. The molecule has 0 unspecified atom stereocenters. The fraction of sp³-hybridized carbons (Fsp3) is 0.500. The van der Waals surface area contributed by atoms with E-state index in [1.807, 2.05) is 11.9 Å². The Morgan fingerprint density at radius 1 is 1.06 bits per heavy atom. The number of nitrogens with one attached hydrogen (secondary N) is 2. The zero-order valence-electron chi connectivity index (χ0n) is 19.2. The van der Waals surface area contributed by atoms with Gasteiger partial charge in [-0.1, -0.05) is 36.4 Å². The first kappa shape index (κ1) is 22.9. The highest BCUT2D eigenvalue weighted by molar-refractivity contribution is 5.82. The number of likely N-dealkylation sites (tertiary alicyclic amines) is 1. The third kappa shape index (κ3) is 4.72. The molecule has 0 saturated carbocycles. The van der Waals surface area contributed by atoms with Crippen LogP contribution in [0.3, 0.4) is 0 Å². The molecular weight excluding hydrogens is 403 g/mol. The van der Waals surface area contributed by atoms with Crippen molar-refractivity contribution in [1.29, 1.82) is 0 Å². The average Bonchev–Trinajstić information content (AvgIpc) is 2.82. The zero-order chi connectivity index (χ0) is 22.6. The molecule has 1 spiro atoms. The summed E-state index contributed by atoms with van der Waals surface area (Å²) in [7, 11) is 4.13. The van der Waals surface area contributed by atoms with Gasteiger partial charge in [-0.05, 0) is 68.6 Å². The number of rotatable bonds is 7. The van der Waals surface area contributed by atoms with E-state index in [1.165, 1.54) is 23.3 Å². The average molecular weight is 439 g/mol. The molecule has 4 rings (SSSR count). The maximum atomic E-state index is 13.5. The van der Waals surface area contributed by atoms with E-state index in [2.05, 4.69) is 46.8 Å². The highest BCUT2D eigenvalue weighted by atomic mass is 19.1. The van der Waals surface area contributed by atoms with Crippen LogP contribution in [0, 0.1) is 5.82 Å². The Hall–Kier alpha value is -2.28. The van der Waals surface area contributed by atoms with Crippen molar-refractivity contribution in [2.24, 2.45) is 0 Å². The molecule has 2 aromatic rings. The largest absolute Gasteiger partial charge is 0.341 e. The van der Waals surface area contributed by atoms with Crippen molar-refractivity contribution in [3.05, 3.63) is 71.0 Å². The lowest BCUT2D eigenvalue weighted by Crippen LogP contribution is -2.58. The Bertz CT molecular complexity index is 908. The topological polar surface area (TPSA) is 47.6 Å². The van der Waals surface area contributed by atoms with Crippen LogP contribution in [-0.4, -0.2) is 68.6 Å². The SMILES string of the molecule is CNCCN[C@H](Cc1ccc(F)cc1)C(=O)N1CCC2(CC1)c1ccccc1CCN2C. The van der Waals surface area contributed by atoms with Gasteiger partial charge in [0.25, 0.3) is 0 Å². The molecule has 1 fully saturated rings. The van der Waals surface area contributed by atoms with E-state index in [1.54, 1.807) is 12.1 Å². The van der Waals surface area contributed by atoms with Crippen molar-refractivity contribution < 1.29 is 9.18 Å². The quantitative estimate of drug-likeness (QED) is 0.653. The molecule has 2 N–H and O–H groups in total. The molecule has 1 saturated heterocycles. The van der Waals surface area contributed by atoms with Crippen LogP contribution in [0.4, 0.5) is 4.39 Å². The molecule has 0 radical (unpaired) electrons. The lowest BCUT2D eigenvalue weighted by atomic mass is 9.74. The van der Waals surface area contributed by atoms with Crippen LogP contribution in [-0.2, 0) is 23.2 Å². The second-order valence-corrected chi connectivity index (χ2v) is 9.13. The third-order valence-electron chi connectivity index (χ3n) is 7.29. The molecule has 2 aromatic carbocycles. The number of likely N-dealkylation sites (N-methyl/N-ethyl adjacent to an activating group) is 2. The lowest BCUT2D eigenvalue weighted by molar-refractivity contribution is -0.136. The minimum Gasteiger partial charge on any atom is -0.341 e. The van der Waals surface area contributed by atoms with Crippen molar-refractivity contribution in [2.75, 3.05) is 46.8 Å². The summed E-state index contributed by atoms with van der Waals surface area (Å²) in [4.78, 5) is 18.0. The third-order valence-corrected chi connectivity index (χ3v) is 7.29. The monoisotopic (exact) mass is 438 g/mol. The lowest BCUT2D eigenvalue weighted by Gasteiger charge is -2.51. The van der Waals surface area contributed by atoms with Gasteiger partial charge in [0.15, 0.2) is 0 Å². The van der Waals surface area contributed by atoms with Gasteiger partial charge < -0.3 is 15.5 Å². The van der Waals surface area contributed by atoms with Gasteiger partial charge in [-0.2, -0.15) is 0 Å². The van der Waals surface area contributed by atoms with Crippen LogP contribution in [0.15, 0.2) is 48.5 Å². The highest BCUT2D eigenvalue weighted by Crippen LogP contribution is 2.42. The first-order chi connectivity index (χ1) is 15.5. The molecule has 0 aliphatic carbocycles. The van der Waals surface area contributed by atoms with E-state index in [9.17, 15) is 9.18 Å². The summed E-state index contributed by atoms with van der Waals surface area (Å²) in [6.45, 7) is 4.07. The summed E-state index contributed by atoms with van der Waals surface area (Å²) in [5.74, 6) is -0.106. The minimum absolute atomic E-state index is 0.0254. The van der Waals surface area contributed by atoms with E-state index in [0.29, 0.717) is 13.0 Å². The first-order valence-corrected chi connectivity index (χ1v) is 11.7. The maximum absolute atomic E-state index is 13.5. The molecule has 0 bridgehead atoms. The van der Waals surface area contributed by atoms with Crippen LogP contribution < -0.4 is 10.6 Å². The number of hydrogen-bond acceptors (Lipinski definition) is 4. The zero-order valence-corrected chi connectivity index (χ0v) is 19.2. The summed E-state index contributed by atoms with van der Waals surface area (Å²) in [6, 6.07) is 15.0.